The summed E-state index contributed by atoms with van der Waals surface area (Å²) in [5.74, 6) is -0.343. The largest absolute Gasteiger partial charge is 0.435 e. The third-order valence-corrected chi connectivity index (χ3v) is 4.24. The van der Waals surface area contributed by atoms with Gasteiger partial charge in [0.2, 0.25) is 0 Å². The Morgan fingerprint density at radius 2 is 1.88 bits per heavy atom. The smallest absolute Gasteiger partial charge is 0.340 e. The van der Waals surface area contributed by atoms with Crippen molar-refractivity contribution < 1.29 is 14.3 Å². The quantitative estimate of drug-likeness (QED) is 0.308. The summed E-state index contributed by atoms with van der Waals surface area (Å²) in [6.45, 7) is 4.43. The Bertz CT molecular complexity index is 368. The van der Waals surface area contributed by atoms with Crippen molar-refractivity contribution in [3.8, 4) is 0 Å². The van der Waals surface area contributed by atoms with Crippen LogP contribution in [-0.4, -0.2) is 19.4 Å². The van der Waals surface area contributed by atoms with E-state index in [1.54, 1.807) is 0 Å². The molecule has 0 fully saturated rings. The van der Waals surface area contributed by atoms with E-state index in [1.165, 1.54) is 5.56 Å². The van der Waals surface area contributed by atoms with Crippen molar-refractivity contribution in [3.63, 3.8) is 0 Å². The molecule has 0 heterocycles. The number of halogens is 2. The van der Waals surface area contributed by atoms with Gasteiger partial charge in [-0.1, -0.05) is 0 Å². The van der Waals surface area contributed by atoms with Gasteiger partial charge in [-0.2, -0.15) is 0 Å². The van der Waals surface area contributed by atoms with Crippen molar-refractivity contribution in [2.24, 2.45) is 0 Å². The van der Waals surface area contributed by atoms with Gasteiger partial charge in [-0.05, 0) is 76.7 Å². The van der Waals surface area contributed by atoms with Crippen LogP contribution in [0.15, 0.2) is 12.1 Å². The molecule has 0 unspecified atom stereocenters. The molecule has 0 spiro atoms. The van der Waals surface area contributed by atoms with Crippen LogP contribution in [0, 0.1) is 14.1 Å². The molecule has 0 aliphatic heterocycles. The van der Waals surface area contributed by atoms with Gasteiger partial charge in [0.25, 0.3) is 0 Å². The van der Waals surface area contributed by atoms with Gasteiger partial charge in [0.1, 0.15) is 0 Å². The van der Waals surface area contributed by atoms with E-state index in [0.717, 1.165) is 7.14 Å². The maximum atomic E-state index is 11.6. The van der Waals surface area contributed by atoms with Crippen molar-refractivity contribution in [1.29, 1.82) is 0 Å². The molecule has 0 saturated carbocycles. The fraction of sp³-hybridized carbons (Fsp3) is 0.364. The molecule has 1 rings (SSSR count). The van der Waals surface area contributed by atoms with E-state index in [9.17, 15) is 4.79 Å². The summed E-state index contributed by atoms with van der Waals surface area (Å²) >= 11 is 4.42. The molecule has 0 N–H and O–H groups in total. The van der Waals surface area contributed by atoms with Crippen LogP contribution in [0.5, 0.6) is 0 Å². The lowest BCUT2D eigenvalue weighted by Crippen LogP contribution is -2.09. The Kier molecular flexibility index (Phi) is 5.98. The first-order valence-corrected chi connectivity index (χ1v) is 6.92. The van der Waals surface area contributed by atoms with E-state index in [1.807, 2.05) is 26.0 Å². The molecule has 5 heteroatoms. The van der Waals surface area contributed by atoms with Crippen LogP contribution in [0.1, 0.15) is 22.8 Å². The van der Waals surface area contributed by atoms with E-state index >= 15 is 0 Å². The molecule has 3 nitrogen and oxygen atoms in total. The summed E-state index contributed by atoms with van der Waals surface area (Å²) in [5, 5.41) is 0. The van der Waals surface area contributed by atoms with Crippen LogP contribution in [0.3, 0.4) is 0 Å². The number of hydrogen-bond donors (Lipinski definition) is 0. The van der Waals surface area contributed by atoms with Crippen LogP contribution < -0.4 is 0 Å². The van der Waals surface area contributed by atoms with Gasteiger partial charge < -0.3 is 9.47 Å². The number of carbonyl (C=O) groups is 1. The molecule has 0 amide bonds. The first-order chi connectivity index (χ1) is 7.56. The molecule has 1 aromatic carbocycles. The van der Waals surface area contributed by atoms with Crippen molar-refractivity contribution in [1.82, 2.24) is 0 Å². The van der Waals surface area contributed by atoms with Crippen molar-refractivity contribution in [2.45, 2.75) is 13.8 Å². The normalized spacial score (nSPS) is 10.2. The molecule has 88 valence electrons. The van der Waals surface area contributed by atoms with Gasteiger partial charge in [-0.3, -0.25) is 0 Å². The summed E-state index contributed by atoms with van der Waals surface area (Å²) in [4.78, 5) is 11.6. The highest BCUT2D eigenvalue weighted by Crippen LogP contribution is 2.20. The molecule has 0 aliphatic rings. The van der Waals surface area contributed by atoms with Crippen molar-refractivity contribution in [3.05, 3.63) is 30.4 Å². The average Bonchev–Trinajstić information content (AvgIpc) is 2.25. The lowest BCUT2D eigenvalue weighted by molar-refractivity contribution is -0.0274. The zero-order valence-corrected chi connectivity index (χ0v) is 13.4. The minimum absolute atomic E-state index is 0.0103. The molecule has 0 radical (unpaired) electrons. The van der Waals surface area contributed by atoms with E-state index in [0.29, 0.717) is 12.2 Å². The van der Waals surface area contributed by atoms with Gasteiger partial charge in [0.15, 0.2) is 6.79 Å². The fourth-order valence-corrected chi connectivity index (χ4v) is 2.79. The summed E-state index contributed by atoms with van der Waals surface area (Å²) in [6.07, 6.45) is 0. The van der Waals surface area contributed by atoms with Crippen LogP contribution >= 0.6 is 45.2 Å². The minimum atomic E-state index is -0.343. The first kappa shape index (κ1) is 14.2. The summed E-state index contributed by atoms with van der Waals surface area (Å²) < 4.78 is 12.0. The molecule has 0 bridgehead atoms. The van der Waals surface area contributed by atoms with Gasteiger partial charge in [-0.25, -0.2) is 4.79 Å². The zero-order valence-electron chi connectivity index (χ0n) is 9.05. The standard InChI is InChI=1S/C11H12I2O3/c1-3-15-6-16-11(14)8-4-9(12)7(2)10(13)5-8/h4-5H,3,6H2,1-2H3. The maximum absolute atomic E-state index is 11.6. The third-order valence-electron chi connectivity index (χ3n) is 1.99. The van der Waals surface area contributed by atoms with Gasteiger partial charge >= 0.3 is 5.97 Å². The second-order valence-corrected chi connectivity index (χ2v) is 5.43. The Morgan fingerprint density at radius 1 is 1.31 bits per heavy atom. The maximum Gasteiger partial charge on any atom is 0.340 e. The van der Waals surface area contributed by atoms with Gasteiger partial charge in [0, 0.05) is 13.7 Å². The zero-order chi connectivity index (χ0) is 12.1. The van der Waals surface area contributed by atoms with E-state index in [-0.39, 0.29) is 12.8 Å². The molecular weight excluding hydrogens is 434 g/mol. The highest BCUT2D eigenvalue weighted by Gasteiger charge is 2.11. The van der Waals surface area contributed by atoms with Crippen molar-refractivity contribution >= 4 is 51.2 Å². The minimum Gasteiger partial charge on any atom is -0.435 e. The summed E-state index contributed by atoms with van der Waals surface area (Å²) in [6, 6.07) is 3.65. The second kappa shape index (κ2) is 6.75. The van der Waals surface area contributed by atoms with Gasteiger partial charge in [0.05, 0.1) is 5.56 Å². The van der Waals surface area contributed by atoms with Crippen LogP contribution in [0.25, 0.3) is 0 Å². The molecular formula is C11H12I2O3. The molecule has 16 heavy (non-hydrogen) atoms. The predicted molar refractivity (Wildman–Crippen MR) is 78.5 cm³/mol. The Hall–Kier alpha value is 0.110. The fourth-order valence-electron chi connectivity index (χ4n) is 1.03. The summed E-state index contributed by atoms with van der Waals surface area (Å²) in [5.41, 5.74) is 1.75. The lowest BCUT2D eigenvalue weighted by Gasteiger charge is -2.07. The number of carbonyl (C=O) groups excluding carboxylic acids is 1. The number of esters is 1. The Morgan fingerprint density at radius 3 is 2.38 bits per heavy atom. The highest BCUT2D eigenvalue weighted by atomic mass is 127. The third kappa shape index (κ3) is 3.85. The molecule has 1 aromatic rings. The molecule has 0 saturated heterocycles. The number of rotatable bonds is 4. The molecule has 0 atom stereocenters. The first-order valence-electron chi connectivity index (χ1n) is 4.76. The number of benzene rings is 1. The average molecular weight is 446 g/mol. The van der Waals surface area contributed by atoms with Gasteiger partial charge in [-0.15, -0.1) is 0 Å². The monoisotopic (exact) mass is 446 g/mol. The predicted octanol–water partition coefficient (Wildman–Crippen LogP) is 3.36. The summed E-state index contributed by atoms with van der Waals surface area (Å²) in [7, 11) is 0. The van der Waals surface area contributed by atoms with Crippen LogP contribution in [0.2, 0.25) is 0 Å². The molecule has 0 aromatic heterocycles. The highest BCUT2D eigenvalue weighted by molar-refractivity contribution is 14.1. The SMILES string of the molecule is CCOCOC(=O)c1cc(I)c(C)c(I)c1. The number of ether oxygens (including phenoxy) is 2. The van der Waals surface area contributed by atoms with Crippen LogP contribution in [0.4, 0.5) is 0 Å². The Balaban J connectivity index is 2.76. The Labute approximate surface area is 122 Å². The van der Waals surface area contributed by atoms with E-state index < -0.39 is 0 Å². The second-order valence-electron chi connectivity index (χ2n) is 3.11. The van der Waals surface area contributed by atoms with Crippen LogP contribution in [-0.2, 0) is 9.47 Å². The van der Waals surface area contributed by atoms with E-state index in [2.05, 4.69) is 45.2 Å². The molecule has 0 aliphatic carbocycles. The van der Waals surface area contributed by atoms with E-state index in [4.69, 9.17) is 9.47 Å². The van der Waals surface area contributed by atoms with Crippen molar-refractivity contribution in [2.75, 3.05) is 13.4 Å². The lowest BCUT2D eigenvalue weighted by atomic mass is 10.1. The topological polar surface area (TPSA) is 35.5 Å². The number of hydrogen-bond acceptors (Lipinski definition) is 3.